The Kier molecular flexibility index (Phi) is 2.55. The first kappa shape index (κ1) is 13.1. The molecule has 0 saturated heterocycles. The Morgan fingerprint density at radius 3 is 2.62 bits per heavy atom. The highest BCUT2D eigenvalue weighted by molar-refractivity contribution is 7.25. The minimum atomic E-state index is 0.997. The maximum atomic E-state index is 4.96. The van der Waals surface area contributed by atoms with Crippen molar-refractivity contribution in [3.63, 3.8) is 0 Å². The second-order valence-electron chi connectivity index (χ2n) is 6.90. The number of anilines is 1. The first-order chi connectivity index (χ1) is 11.9. The van der Waals surface area contributed by atoms with E-state index in [0.717, 1.165) is 21.4 Å². The van der Waals surface area contributed by atoms with Gasteiger partial charge in [0.15, 0.2) is 0 Å². The lowest BCUT2D eigenvalue weighted by Crippen LogP contribution is -2.34. The van der Waals surface area contributed by atoms with Crippen LogP contribution in [0.15, 0.2) is 30.3 Å². The van der Waals surface area contributed by atoms with Crippen molar-refractivity contribution in [1.29, 1.82) is 0 Å². The van der Waals surface area contributed by atoms with Crippen LogP contribution in [0.25, 0.3) is 31.5 Å². The van der Waals surface area contributed by atoms with Crippen molar-refractivity contribution >= 4 is 48.5 Å². The zero-order chi connectivity index (χ0) is 15.7. The maximum Gasteiger partial charge on any atom is 0.143 e. The second-order valence-corrected chi connectivity index (χ2v) is 7.90. The van der Waals surface area contributed by atoms with Gasteiger partial charge >= 0.3 is 0 Å². The molecule has 2 aliphatic rings. The number of hydrogen-bond donors (Lipinski definition) is 0. The number of thiophene rings is 1. The van der Waals surface area contributed by atoms with Gasteiger partial charge in [-0.25, -0.2) is 9.97 Å². The number of benzene rings is 2. The minimum absolute atomic E-state index is 0.997. The van der Waals surface area contributed by atoms with E-state index in [1.165, 1.54) is 60.1 Å². The van der Waals surface area contributed by atoms with Crippen molar-refractivity contribution < 1.29 is 0 Å². The van der Waals surface area contributed by atoms with Crippen LogP contribution in [-0.4, -0.2) is 23.1 Å². The SMILES string of the molecule is c1ccc2nc3c(nc2c1)sc1c2c4c(cc13)CCCN4CCC2. The molecule has 3 nitrogen and oxygen atoms in total. The zero-order valence-electron chi connectivity index (χ0n) is 13.4. The summed E-state index contributed by atoms with van der Waals surface area (Å²) >= 11 is 1.84. The van der Waals surface area contributed by atoms with Crippen LogP contribution in [0.4, 0.5) is 5.69 Å². The Morgan fingerprint density at radius 1 is 0.958 bits per heavy atom. The highest BCUT2D eigenvalue weighted by Crippen LogP contribution is 2.44. The molecule has 0 N–H and O–H groups in total. The normalized spacial score (nSPS) is 16.9. The maximum absolute atomic E-state index is 4.96. The van der Waals surface area contributed by atoms with Crippen molar-refractivity contribution in [1.82, 2.24) is 9.97 Å². The van der Waals surface area contributed by atoms with Crippen LogP contribution in [0.3, 0.4) is 0 Å². The van der Waals surface area contributed by atoms with Crippen LogP contribution >= 0.6 is 11.3 Å². The third-order valence-electron chi connectivity index (χ3n) is 5.46. The fourth-order valence-corrected chi connectivity index (χ4v) is 5.63. The number of rotatable bonds is 0. The van der Waals surface area contributed by atoms with E-state index < -0.39 is 0 Å². The van der Waals surface area contributed by atoms with E-state index in [9.17, 15) is 0 Å². The molecule has 0 fully saturated rings. The molecule has 0 amide bonds. The van der Waals surface area contributed by atoms with Crippen LogP contribution in [0.1, 0.15) is 24.0 Å². The predicted octanol–water partition coefficient (Wildman–Crippen LogP) is 4.70. The summed E-state index contributed by atoms with van der Waals surface area (Å²) in [5, 5.41) is 1.32. The Balaban J connectivity index is 1.77. The molecule has 2 aromatic carbocycles. The number of aryl methyl sites for hydroxylation is 2. The largest absolute Gasteiger partial charge is 0.371 e. The van der Waals surface area contributed by atoms with Gasteiger partial charge in [0.05, 0.1) is 11.0 Å². The number of nitrogens with zero attached hydrogens (tertiary/aromatic N) is 3. The molecule has 24 heavy (non-hydrogen) atoms. The van der Waals surface area contributed by atoms with Crippen LogP contribution in [0, 0.1) is 0 Å². The molecular formula is C20H17N3S. The average molecular weight is 331 g/mol. The lowest BCUT2D eigenvalue weighted by atomic mass is 9.90. The molecule has 4 heterocycles. The Bertz CT molecular complexity index is 1130. The fourth-order valence-electron chi connectivity index (χ4n) is 4.45. The molecule has 118 valence electrons. The predicted molar refractivity (Wildman–Crippen MR) is 101 cm³/mol. The summed E-state index contributed by atoms with van der Waals surface area (Å²) in [5.74, 6) is 0. The molecule has 0 radical (unpaired) electrons. The van der Waals surface area contributed by atoms with Crippen molar-refractivity contribution in [3.8, 4) is 0 Å². The second kappa shape index (κ2) is 4.67. The third kappa shape index (κ3) is 1.67. The lowest BCUT2D eigenvalue weighted by Gasteiger charge is -2.37. The van der Waals surface area contributed by atoms with Gasteiger partial charge in [-0.15, -0.1) is 11.3 Å². The molecule has 0 saturated carbocycles. The summed E-state index contributed by atoms with van der Waals surface area (Å²) in [4.78, 5) is 13.6. The van der Waals surface area contributed by atoms with Crippen LogP contribution in [0.2, 0.25) is 0 Å². The van der Waals surface area contributed by atoms with Crippen LogP contribution in [0.5, 0.6) is 0 Å². The molecule has 4 aromatic rings. The van der Waals surface area contributed by atoms with E-state index in [1.54, 1.807) is 5.56 Å². The molecule has 0 bridgehead atoms. The molecule has 0 atom stereocenters. The molecule has 2 aromatic heterocycles. The lowest BCUT2D eigenvalue weighted by molar-refractivity contribution is 0.637. The van der Waals surface area contributed by atoms with E-state index in [4.69, 9.17) is 9.97 Å². The topological polar surface area (TPSA) is 29.0 Å². The van der Waals surface area contributed by atoms with Gasteiger partial charge in [0, 0.05) is 28.9 Å². The van der Waals surface area contributed by atoms with Gasteiger partial charge in [0.25, 0.3) is 0 Å². The van der Waals surface area contributed by atoms with Crippen molar-refractivity contribution in [2.45, 2.75) is 25.7 Å². The molecule has 4 heteroatoms. The van der Waals surface area contributed by atoms with Gasteiger partial charge in [-0.1, -0.05) is 12.1 Å². The highest BCUT2D eigenvalue weighted by atomic mass is 32.1. The van der Waals surface area contributed by atoms with Gasteiger partial charge in [-0.05, 0) is 55.0 Å². The standard InChI is InChI=1S/C20H17N3S/c1-2-8-16-15(7-1)21-17-14-11-12-5-3-9-23-10-4-6-13(18(12)23)19(14)24-20(17)22-16/h1-2,7-8,11H,3-6,9-10H2. The number of fused-ring (bicyclic) bond motifs is 5. The molecule has 0 spiro atoms. The van der Waals surface area contributed by atoms with Crippen LogP contribution < -0.4 is 4.90 Å². The van der Waals surface area contributed by atoms with Crippen molar-refractivity contribution in [2.75, 3.05) is 18.0 Å². The van der Waals surface area contributed by atoms with E-state index in [0.29, 0.717) is 0 Å². The summed E-state index contributed by atoms with van der Waals surface area (Å²) in [6, 6.07) is 10.6. The van der Waals surface area contributed by atoms with E-state index in [-0.39, 0.29) is 0 Å². The van der Waals surface area contributed by atoms with Gasteiger partial charge < -0.3 is 4.90 Å². The fraction of sp³-hybridized carbons (Fsp3) is 0.300. The number of aromatic nitrogens is 2. The molecule has 0 aliphatic carbocycles. The van der Waals surface area contributed by atoms with E-state index in [1.807, 2.05) is 23.5 Å². The Labute approximate surface area is 143 Å². The quantitative estimate of drug-likeness (QED) is 0.468. The molecule has 6 rings (SSSR count). The zero-order valence-corrected chi connectivity index (χ0v) is 14.2. The molecular weight excluding hydrogens is 314 g/mol. The van der Waals surface area contributed by atoms with E-state index >= 15 is 0 Å². The summed E-state index contributed by atoms with van der Waals surface area (Å²) in [6.45, 7) is 2.44. The summed E-state index contributed by atoms with van der Waals surface area (Å²) in [5.41, 5.74) is 7.71. The summed E-state index contributed by atoms with van der Waals surface area (Å²) < 4.78 is 1.42. The average Bonchev–Trinajstić information content (AvgIpc) is 2.98. The smallest absolute Gasteiger partial charge is 0.143 e. The summed E-state index contributed by atoms with van der Waals surface area (Å²) in [7, 11) is 0. The van der Waals surface area contributed by atoms with Crippen LogP contribution in [-0.2, 0) is 12.8 Å². The van der Waals surface area contributed by atoms with E-state index in [2.05, 4.69) is 23.1 Å². The first-order valence-corrected chi connectivity index (χ1v) is 9.59. The van der Waals surface area contributed by atoms with Crippen molar-refractivity contribution in [3.05, 3.63) is 41.5 Å². The van der Waals surface area contributed by atoms with Crippen molar-refractivity contribution in [2.24, 2.45) is 0 Å². The minimum Gasteiger partial charge on any atom is -0.371 e. The Hall–Kier alpha value is -2.20. The number of hydrogen-bond acceptors (Lipinski definition) is 4. The highest BCUT2D eigenvalue weighted by Gasteiger charge is 2.27. The van der Waals surface area contributed by atoms with Gasteiger partial charge in [0.2, 0.25) is 0 Å². The third-order valence-corrected chi connectivity index (χ3v) is 6.61. The first-order valence-electron chi connectivity index (χ1n) is 8.77. The number of para-hydroxylation sites is 2. The van der Waals surface area contributed by atoms with Gasteiger partial charge in [0.1, 0.15) is 10.3 Å². The monoisotopic (exact) mass is 331 g/mol. The summed E-state index contributed by atoms with van der Waals surface area (Å²) in [6.07, 6.45) is 4.94. The van der Waals surface area contributed by atoms with Gasteiger partial charge in [-0.2, -0.15) is 0 Å². The Morgan fingerprint density at radius 2 is 1.75 bits per heavy atom. The van der Waals surface area contributed by atoms with Gasteiger partial charge in [-0.3, -0.25) is 0 Å². The molecule has 0 unspecified atom stereocenters. The molecule has 2 aliphatic heterocycles.